The van der Waals surface area contributed by atoms with Crippen molar-refractivity contribution in [2.24, 2.45) is 5.92 Å². The Morgan fingerprint density at radius 1 is 1.32 bits per heavy atom. The standard InChI is InChI=1S/C15H23NO3/c1-12-7-8-16(13(12)11-17)9-10-19-15-6-4-3-5-14(15)18-2/h3-6,12-13,17H,7-11H2,1-2H3. The Morgan fingerprint density at radius 2 is 2.05 bits per heavy atom. The Hall–Kier alpha value is -1.26. The van der Waals surface area contributed by atoms with E-state index in [1.54, 1.807) is 7.11 Å². The van der Waals surface area contributed by atoms with Gasteiger partial charge in [-0.15, -0.1) is 0 Å². The molecule has 1 fully saturated rings. The Morgan fingerprint density at radius 3 is 2.74 bits per heavy atom. The van der Waals surface area contributed by atoms with Gasteiger partial charge in [-0.1, -0.05) is 19.1 Å². The van der Waals surface area contributed by atoms with Crippen LogP contribution in [-0.2, 0) is 0 Å². The monoisotopic (exact) mass is 265 g/mol. The fraction of sp³-hybridized carbons (Fsp3) is 0.600. The summed E-state index contributed by atoms with van der Waals surface area (Å²) >= 11 is 0. The first kappa shape index (κ1) is 14.2. The Labute approximate surface area is 114 Å². The SMILES string of the molecule is COc1ccccc1OCCN1CCC(C)C1CO. The molecule has 0 saturated carbocycles. The van der Waals surface area contributed by atoms with Crippen LogP contribution in [0.5, 0.6) is 11.5 Å². The second-order valence-electron chi connectivity index (χ2n) is 5.05. The molecule has 0 aromatic heterocycles. The maximum atomic E-state index is 9.40. The molecule has 0 radical (unpaired) electrons. The molecule has 1 saturated heterocycles. The summed E-state index contributed by atoms with van der Waals surface area (Å²) < 4.78 is 11.0. The zero-order chi connectivity index (χ0) is 13.7. The highest BCUT2D eigenvalue weighted by Crippen LogP contribution is 2.26. The summed E-state index contributed by atoms with van der Waals surface area (Å²) in [6.45, 7) is 4.93. The van der Waals surface area contributed by atoms with Crippen molar-refractivity contribution >= 4 is 0 Å². The second kappa shape index (κ2) is 6.78. The number of nitrogens with zero attached hydrogens (tertiary/aromatic N) is 1. The summed E-state index contributed by atoms with van der Waals surface area (Å²) in [6, 6.07) is 7.95. The molecular weight excluding hydrogens is 242 g/mol. The molecule has 106 valence electrons. The molecule has 0 aliphatic carbocycles. The lowest BCUT2D eigenvalue weighted by Crippen LogP contribution is -2.37. The van der Waals surface area contributed by atoms with Gasteiger partial charge in [0.15, 0.2) is 11.5 Å². The molecule has 1 aliphatic heterocycles. The first-order valence-corrected chi connectivity index (χ1v) is 6.87. The summed E-state index contributed by atoms with van der Waals surface area (Å²) in [5.74, 6) is 2.10. The molecule has 1 aliphatic rings. The van der Waals surface area contributed by atoms with Crippen molar-refractivity contribution in [2.75, 3.05) is 33.4 Å². The first-order valence-electron chi connectivity index (χ1n) is 6.87. The molecule has 1 aromatic rings. The van der Waals surface area contributed by atoms with E-state index in [-0.39, 0.29) is 12.6 Å². The largest absolute Gasteiger partial charge is 0.493 e. The van der Waals surface area contributed by atoms with Crippen LogP contribution in [0.2, 0.25) is 0 Å². The van der Waals surface area contributed by atoms with E-state index >= 15 is 0 Å². The van der Waals surface area contributed by atoms with E-state index in [1.165, 1.54) is 0 Å². The summed E-state index contributed by atoms with van der Waals surface area (Å²) in [5, 5.41) is 9.40. The van der Waals surface area contributed by atoms with Gasteiger partial charge >= 0.3 is 0 Å². The predicted molar refractivity (Wildman–Crippen MR) is 74.7 cm³/mol. The number of para-hydroxylation sites is 2. The van der Waals surface area contributed by atoms with Gasteiger partial charge in [-0.2, -0.15) is 0 Å². The Balaban J connectivity index is 1.83. The van der Waals surface area contributed by atoms with Crippen LogP contribution in [0, 0.1) is 5.92 Å². The zero-order valence-electron chi connectivity index (χ0n) is 11.7. The normalized spacial score (nSPS) is 23.5. The van der Waals surface area contributed by atoms with Crippen LogP contribution < -0.4 is 9.47 Å². The molecule has 0 bridgehead atoms. The van der Waals surface area contributed by atoms with Crippen molar-refractivity contribution in [1.82, 2.24) is 4.90 Å². The van der Waals surface area contributed by atoms with Gasteiger partial charge in [0.25, 0.3) is 0 Å². The third-order valence-corrected chi connectivity index (χ3v) is 3.89. The van der Waals surface area contributed by atoms with E-state index < -0.39 is 0 Å². The van der Waals surface area contributed by atoms with E-state index in [0.29, 0.717) is 12.5 Å². The average Bonchev–Trinajstić information content (AvgIpc) is 2.79. The number of ether oxygens (including phenoxy) is 2. The fourth-order valence-electron chi connectivity index (χ4n) is 2.67. The molecule has 1 aromatic carbocycles. The van der Waals surface area contributed by atoms with Crippen LogP contribution in [0.1, 0.15) is 13.3 Å². The molecule has 2 atom stereocenters. The Bertz CT molecular complexity index is 397. The van der Waals surface area contributed by atoms with Crippen LogP contribution in [0.25, 0.3) is 0 Å². The number of benzene rings is 1. The highest BCUT2D eigenvalue weighted by molar-refractivity contribution is 5.39. The predicted octanol–water partition coefficient (Wildman–Crippen LogP) is 1.78. The van der Waals surface area contributed by atoms with Crippen LogP contribution >= 0.6 is 0 Å². The number of aliphatic hydroxyl groups excluding tert-OH is 1. The molecule has 1 heterocycles. The molecular formula is C15H23NO3. The quantitative estimate of drug-likeness (QED) is 0.851. The summed E-state index contributed by atoms with van der Waals surface area (Å²) in [4.78, 5) is 2.31. The van der Waals surface area contributed by atoms with Crippen molar-refractivity contribution in [3.8, 4) is 11.5 Å². The van der Waals surface area contributed by atoms with E-state index in [0.717, 1.165) is 31.0 Å². The van der Waals surface area contributed by atoms with Gasteiger partial charge in [0.1, 0.15) is 6.61 Å². The van der Waals surface area contributed by atoms with Gasteiger partial charge in [-0.05, 0) is 31.0 Å². The van der Waals surface area contributed by atoms with Crippen molar-refractivity contribution < 1.29 is 14.6 Å². The maximum absolute atomic E-state index is 9.40. The number of rotatable bonds is 6. The topological polar surface area (TPSA) is 41.9 Å². The van der Waals surface area contributed by atoms with E-state index in [2.05, 4.69) is 11.8 Å². The molecule has 0 amide bonds. The Kier molecular flexibility index (Phi) is 5.05. The van der Waals surface area contributed by atoms with Gasteiger partial charge < -0.3 is 14.6 Å². The minimum absolute atomic E-state index is 0.232. The lowest BCUT2D eigenvalue weighted by atomic mass is 10.0. The number of hydrogen-bond donors (Lipinski definition) is 1. The van der Waals surface area contributed by atoms with Crippen LogP contribution in [-0.4, -0.2) is 49.5 Å². The number of hydrogen-bond acceptors (Lipinski definition) is 4. The first-order chi connectivity index (χ1) is 9.26. The average molecular weight is 265 g/mol. The van der Waals surface area contributed by atoms with Gasteiger partial charge in [-0.3, -0.25) is 4.90 Å². The fourth-order valence-corrected chi connectivity index (χ4v) is 2.67. The van der Waals surface area contributed by atoms with Crippen LogP contribution in [0.15, 0.2) is 24.3 Å². The minimum atomic E-state index is 0.232. The molecule has 4 nitrogen and oxygen atoms in total. The lowest BCUT2D eigenvalue weighted by Gasteiger charge is -2.25. The lowest BCUT2D eigenvalue weighted by molar-refractivity contribution is 0.122. The summed E-state index contributed by atoms with van der Waals surface area (Å²) in [5.41, 5.74) is 0. The van der Waals surface area contributed by atoms with Crippen LogP contribution in [0.3, 0.4) is 0 Å². The summed E-state index contributed by atoms with van der Waals surface area (Å²) in [7, 11) is 1.64. The minimum Gasteiger partial charge on any atom is -0.493 e. The van der Waals surface area contributed by atoms with E-state index in [4.69, 9.17) is 9.47 Å². The number of aliphatic hydroxyl groups is 1. The molecule has 2 unspecified atom stereocenters. The van der Waals surface area contributed by atoms with Crippen LogP contribution in [0.4, 0.5) is 0 Å². The van der Waals surface area contributed by atoms with Crippen molar-refractivity contribution in [3.63, 3.8) is 0 Å². The molecule has 1 N–H and O–H groups in total. The zero-order valence-corrected chi connectivity index (χ0v) is 11.7. The molecule has 4 heteroatoms. The summed E-state index contributed by atoms with van der Waals surface area (Å²) in [6.07, 6.45) is 1.15. The molecule has 2 rings (SSSR count). The number of methoxy groups -OCH3 is 1. The van der Waals surface area contributed by atoms with Gasteiger partial charge in [0.05, 0.1) is 13.7 Å². The highest BCUT2D eigenvalue weighted by Gasteiger charge is 2.29. The van der Waals surface area contributed by atoms with E-state index in [1.807, 2.05) is 24.3 Å². The second-order valence-corrected chi connectivity index (χ2v) is 5.05. The van der Waals surface area contributed by atoms with Crippen molar-refractivity contribution in [2.45, 2.75) is 19.4 Å². The third-order valence-electron chi connectivity index (χ3n) is 3.89. The molecule has 19 heavy (non-hydrogen) atoms. The van der Waals surface area contributed by atoms with Gasteiger partial charge in [-0.25, -0.2) is 0 Å². The van der Waals surface area contributed by atoms with Gasteiger partial charge in [0, 0.05) is 12.6 Å². The smallest absolute Gasteiger partial charge is 0.161 e. The van der Waals surface area contributed by atoms with Gasteiger partial charge in [0.2, 0.25) is 0 Å². The number of likely N-dealkylation sites (tertiary alicyclic amines) is 1. The highest BCUT2D eigenvalue weighted by atomic mass is 16.5. The molecule has 0 spiro atoms. The third kappa shape index (κ3) is 3.39. The maximum Gasteiger partial charge on any atom is 0.161 e. The van der Waals surface area contributed by atoms with Crippen molar-refractivity contribution in [1.29, 1.82) is 0 Å². The van der Waals surface area contributed by atoms with E-state index in [9.17, 15) is 5.11 Å². The van der Waals surface area contributed by atoms with Crippen molar-refractivity contribution in [3.05, 3.63) is 24.3 Å².